The van der Waals surface area contributed by atoms with E-state index in [9.17, 15) is 0 Å². The SMILES string of the molecule is CC(C)(C)C12CNCC(CO1)O2.Cl. The molecule has 1 N–H and O–H groups in total. The average Bonchev–Trinajstić information content (AvgIpc) is 2.27. The van der Waals surface area contributed by atoms with Crippen molar-refractivity contribution >= 4 is 12.4 Å². The van der Waals surface area contributed by atoms with E-state index in [1.165, 1.54) is 0 Å². The molecule has 4 heteroatoms. The lowest BCUT2D eigenvalue weighted by Crippen LogP contribution is -2.56. The van der Waals surface area contributed by atoms with Crippen molar-refractivity contribution in [2.45, 2.75) is 32.7 Å². The zero-order valence-corrected chi connectivity index (χ0v) is 9.24. The minimum absolute atomic E-state index is 0. The predicted molar refractivity (Wildman–Crippen MR) is 53.1 cm³/mol. The Morgan fingerprint density at radius 3 is 2.62 bits per heavy atom. The predicted octanol–water partition coefficient (Wildman–Crippen LogP) is 1.17. The average molecular weight is 208 g/mol. The third kappa shape index (κ3) is 1.71. The highest BCUT2D eigenvalue weighted by molar-refractivity contribution is 5.85. The van der Waals surface area contributed by atoms with Gasteiger partial charge in [0.2, 0.25) is 0 Å². The van der Waals surface area contributed by atoms with Crippen LogP contribution in [0.25, 0.3) is 0 Å². The van der Waals surface area contributed by atoms with Crippen LogP contribution in [0.1, 0.15) is 20.8 Å². The first-order valence-corrected chi connectivity index (χ1v) is 4.56. The van der Waals surface area contributed by atoms with E-state index in [0.717, 1.165) is 19.7 Å². The van der Waals surface area contributed by atoms with Crippen LogP contribution >= 0.6 is 12.4 Å². The molecule has 0 spiro atoms. The van der Waals surface area contributed by atoms with Crippen LogP contribution in [0.3, 0.4) is 0 Å². The number of rotatable bonds is 0. The standard InChI is InChI=1S/C9H17NO2.ClH/c1-8(2,3)9-6-10-4-7(12-9)5-11-9;/h7,10H,4-6H2,1-3H3;1H. The summed E-state index contributed by atoms with van der Waals surface area (Å²) in [6, 6.07) is 0. The highest BCUT2D eigenvalue weighted by atomic mass is 35.5. The first-order valence-electron chi connectivity index (χ1n) is 4.56. The third-order valence-corrected chi connectivity index (χ3v) is 2.73. The maximum Gasteiger partial charge on any atom is 0.186 e. The number of halogens is 1. The minimum Gasteiger partial charge on any atom is -0.345 e. The smallest absolute Gasteiger partial charge is 0.186 e. The minimum atomic E-state index is -0.379. The van der Waals surface area contributed by atoms with Gasteiger partial charge in [-0.25, -0.2) is 0 Å². The summed E-state index contributed by atoms with van der Waals surface area (Å²) in [5.74, 6) is -0.379. The van der Waals surface area contributed by atoms with Crippen LogP contribution < -0.4 is 5.32 Å². The van der Waals surface area contributed by atoms with Gasteiger partial charge < -0.3 is 14.8 Å². The van der Waals surface area contributed by atoms with Gasteiger partial charge in [-0.2, -0.15) is 0 Å². The molecule has 2 bridgehead atoms. The summed E-state index contributed by atoms with van der Waals surface area (Å²) in [7, 11) is 0. The van der Waals surface area contributed by atoms with Crippen molar-refractivity contribution in [1.82, 2.24) is 5.32 Å². The molecular formula is C9H18ClNO2. The summed E-state index contributed by atoms with van der Waals surface area (Å²) in [5.41, 5.74) is 0.0508. The van der Waals surface area contributed by atoms with Crippen molar-refractivity contribution in [3.8, 4) is 0 Å². The molecule has 2 aliphatic rings. The number of hydrogen-bond donors (Lipinski definition) is 1. The lowest BCUT2D eigenvalue weighted by atomic mass is 9.85. The molecule has 0 radical (unpaired) electrons. The van der Waals surface area contributed by atoms with E-state index < -0.39 is 0 Å². The zero-order chi connectivity index (χ0) is 8.82. The molecule has 0 amide bonds. The normalized spacial score (nSPS) is 38.5. The molecule has 2 fully saturated rings. The lowest BCUT2D eigenvalue weighted by Gasteiger charge is -2.42. The van der Waals surface area contributed by atoms with Gasteiger partial charge >= 0.3 is 0 Å². The molecule has 2 unspecified atom stereocenters. The summed E-state index contributed by atoms with van der Waals surface area (Å²) in [6.45, 7) is 8.95. The van der Waals surface area contributed by atoms with E-state index in [0.29, 0.717) is 0 Å². The highest BCUT2D eigenvalue weighted by Gasteiger charge is 2.52. The topological polar surface area (TPSA) is 30.5 Å². The summed E-state index contributed by atoms with van der Waals surface area (Å²) >= 11 is 0. The fourth-order valence-electron chi connectivity index (χ4n) is 1.81. The zero-order valence-electron chi connectivity index (χ0n) is 8.42. The van der Waals surface area contributed by atoms with E-state index in [1.807, 2.05) is 0 Å². The maximum absolute atomic E-state index is 5.86. The monoisotopic (exact) mass is 207 g/mol. The molecule has 0 aromatic carbocycles. The first kappa shape index (κ1) is 11.2. The Morgan fingerprint density at radius 2 is 2.08 bits per heavy atom. The van der Waals surface area contributed by atoms with Gasteiger partial charge in [0.05, 0.1) is 19.3 Å². The van der Waals surface area contributed by atoms with Crippen LogP contribution in [0.4, 0.5) is 0 Å². The fraction of sp³-hybridized carbons (Fsp3) is 1.00. The summed E-state index contributed by atoms with van der Waals surface area (Å²) in [6.07, 6.45) is 0.262. The van der Waals surface area contributed by atoms with Gasteiger partial charge in [-0.3, -0.25) is 0 Å². The van der Waals surface area contributed by atoms with Crippen LogP contribution in [-0.2, 0) is 9.47 Å². The van der Waals surface area contributed by atoms with Crippen LogP contribution in [0.5, 0.6) is 0 Å². The molecule has 0 aromatic heterocycles. The molecule has 2 saturated heterocycles. The van der Waals surface area contributed by atoms with Crippen molar-refractivity contribution < 1.29 is 9.47 Å². The van der Waals surface area contributed by atoms with Gasteiger partial charge in [-0.15, -0.1) is 12.4 Å². The summed E-state index contributed by atoms with van der Waals surface area (Å²) in [5, 5.41) is 3.34. The van der Waals surface area contributed by atoms with Crippen molar-refractivity contribution in [2.24, 2.45) is 5.41 Å². The van der Waals surface area contributed by atoms with Gasteiger partial charge in [0.1, 0.15) is 0 Å². The van der Waals surface area contributed by atoms with Crippen molar-refractivity contribution in [3.63, 3.8) is 0 Å². The number of fused-ring (bicyclic) bond motifs is 2. The van der Waals surface area contributed by atoms with E-state index in [-0.39, 0.29) is 29.7 Å². The number of ether oxygens (including phenoxy) is 2. The lowest BCUT2D eigenvalue weighted by molar-refractivity contribution is -0.237. The second-order valence-electron chi connectivity index (χ2n) is 4.68. The maximum atomic E-state index is 5.86. The van der Waals surface area contributed by atoms with E-state index in [4.69, 9.17) is 9.47 Å². The van der Waals surface area contributed by atoms with E-state index in [2.05, 4.69) is 26.1 Å². The first-order chi connectivity index (χ1) is 5.54. The summed E-state index contributed by atoms with van der Waals surface area (Å²) < 4.78 is 11.6. The molecule has 2 aliphatic heterocycles. The molecule has 0 aromatic rings. The molecule has 3 nitrogen and oxygen atoms in total. The van der Waals surface area contributed by atoms with Gasteiger partial charge in [0.25, 0.3) is 0 Å². The Morgan fingerprint density at radius 1 is 1.38 bits per heavy atom. The van der Waals surface area contributed by atoms with Crippen LogP contribution in [0, 0.1) is 5.41 Å². The molecule has 0 aliphatic carbocycles. The van der Waals surface area contributed by atoms with Crippen LogP contribution in [-0.4, -0.2) is 31.6 Å². The van der Waals surface area contributed by atoms with Crippen LogP contribution in [0.15, 0.2) is 0 Å². The Labute approximate surface area is 85.6 Å². The van der Waals surface area contributed by atoms with Crippen LogP contribution in [0.2, 0.25) is 0 Å². The van der Waals surface area contributed by atoms with Gasteiger partial charge in [0.15, 0.2) is 5.79 Å². The third-order valence-electron chi connectivity index (χ3n) is 2.73. The molecule has 2 atom stereocenters. The Bertz CT molecular complexity index is 189. The van der Waals surface area contributed by atoms with E-state index in [1.54, 1.807) is 0 Å². The Kier molecular flexibility index (Phi) is 2.93. The van der Waals surface area contributed by atoms with E-state index >= 15 is 0 Å². The van der Waals surface area contributed by atoms with Crippen molar-refractivity contribution in [1.29, 1.82) is 0 Å². The quantitative estimate of drug-likeness (QED) is 0.647. The number of hydrogen-bond acceptors (Lipinski definition) is 3. The van der Waals surface area contributed by atoms with Gasteiger partial charge in [-0.05, 0) is 0 Å². The molecule has 0 saturated carbocycles. The number of nitrogens with one attached hydrogen (secondary N) is 1. The highest BCUT2D eigenvalue weighted by Crippen LogP contribution is 2.40. The molecule has 13 heavy (non-hydrogen) atoms. The molecule has 78 valence electrons. The second-order valence-corrected chi connectivity index (χ2v) is 4.68. The number of morpholine rings is 1. The fourth-order valence-corrected chi connectivity index (χ4v) is 1.81. The molecule has 2 heterocycles. The molecule has 2 rings (SSSR count). The second kappa shape index (κ2) is 3.39. The van der Waals surface area contributed by atoms with Gasteiger partial charge in [0, 0.05) is 12.0 Å². The largest absolute Gasteiger partial charge is 0.345 e. The summed E-state index contributed by atoms with van der Waals surface area (Å²) in [4.78, 5) is 0. The van der Waals surface area contributed by atoms with Crippen molar-refractivity contribution in [2.75, 3.05) is 19.7 Å². The Balaban J connectivity index is 0.000000845. The van der Waals surface area contributed by atoms with Crippen molar-refractivity contribution in [3.05, 3.63) is 0 Å². The van der Waals surface area contributed by atoms with Gasteiger partial charge in [-0.1, -0.05) is 20.8 Å². The Hall–Kier alpha value is 0.170. The molecular weight excluding hydrogens is 190 g/mol.